The molecule has 1 atom stereocenters. The van der Waals surface area contributed by atoms with Crippen molar-refractivity contribution in [2.75, 3.05) is 20.3 Å². The Labute approximate surface area is 192 Å². The molecule has 0 aliphatic rings. The molecule has 3 rings (SSSR count). The molecule has 0 aliphatic carbocycles. The Kier molecular flexibility index (Phi) is 8.78. The molecule has 3 aromatic rings. The predicted molar refractivity (Wildman–Crippen MR) is 122 cm³/mol. The van der Waals surface area contributed by atoms with Crippen LogP contribution in [0.15, 0.2) is 72.8 Å². The van der Waals surface area contributed by atoms with Gasteiger partial charge in [0, 0.05) is 20.0 Å². The third-order valence-electron chi connectivity index (χ3n) is 4.59. The van der Waals surface area contributed by atoms with E-state index >= 15 is 0 Å². The van der Waals surface area contributed by atoms with E-state index in [-0.39, 0.29) is 6.42 Å². The summed E-state index contributed by atoms with van der Waals surface area (Å²) in [5, 5.41) is 9.51. The first-order chi connectivity index (χ1) is 15.5. The molecule has 0 aromatic heterocycles. The number of hydrogen-bond donors (Lipinski definition) is 1. The summed E-state index contributed by atoms with van der Waals surface area (Å²) in [4.78, 5) is 11.1. The van der Waals surface area contributed by atoms with Crippen LogP contribution in [0.25, 0.3) is 0 Å². The molecule has 0 spiro atoms. The van der Waals surface area contributed by atoms with Crippen LogP contribution in [0.4, 0.5) is 0 Å². The van der Waals surface area contributed by atoms with Gasteiger partial charge >= 0.3 is 5.97 Å². The highest BCUT2D eigenvalue weighted by molar-refractivity contribution is 6.32. The lowest BCUT2D eigenvalue weighted by Gasteiger charge is -2.13. The summed E-state index contributed by atoms with van der Waals surface area (Å²) in [5.41, 5.74) is 0.764. The van der Waals surface area contributed by atoms with Gasteiger partial charge in [-0.2, -0.15) is 0 Å². The number of ether oxygens (including phenoxy) is 4. The van der Waals surface area contributed by atoms with Crippen LogP contribution in [0, 0.1) is 0 Å². The molecule has 0 saturated carbocycles. The van der Waals surface area contributed by atoms with Gasteiger partial charge in [-0.3, -0.25) is 0 Å². The van der Waals surface area contributed by atoms with Crippen LogP contribution in [-0.2, 0) is 16.0 Å². The molecule has 0 radical (unpaired) electrons. The van der Waals surface area contributed by atoms with Crippen LogP contribution >= 0.6 is 11.6 Å². The third-order valence-corrected chi connectivity index (χ3v) is 4.89. The molecule has 1 unspecified atom stereocenters. The average molecular weight is 457 g/mol. The highest BCUT2D eigenvalue weighted by atomic mass is 35.5. The number of methoxy groups -OCH3 is 1. The maximum Gasteiger partial charge on any atom is 0.333 e. The second kappa shape index (κ2) is 12.0. The highest BCUT2D eigenvalue weighted by Gasteiger charge is 2.17. The fourth-order valence-corrected chi connectivity index (χ4v) is 3.19. The summed E-state index contributed by atoms with van der Waals surface area (Å²) in [6.45, 7) is 0.923. The van der Waals surface area contributed by atoms with Crippen LogP contribution in [0.2, 0.25) is 5.02 Å². The molecule has 0 aliphatic heterocycles. The van der Waals surface area contributed by atoms with Crippen molar-refractivity contribution < 1.29 is 28.8 Å². The number of aliphatic carboxylic acids is 1. The summed E-state index contributed by atoms with van der Waals surface area (Å²) in [6, 6.07) is 22.2. The monoisotopic (exact) mass is 456 g/mol. The van der Waals surface area contributed by atoms with Crippen LogP contribution in [0.5, 0.6) is 23.0 Å². The summed E-state index contributed by atoms with van der Waals surface area (Å²) in [5.74, 6) is 1.80. The zero-order chi connectivity index (χ0) is 22.8. The van der Waals surface area contributed by atoms with Crippen molar-refractivity contribution in [3.05, 3.63) is 83.4 Å². The Balaban J connectivity index is 1.39. The van der Waals surface area contributed by atoms with E-state index in [9.17, 15) is 4.79 Å². The van der Waals surface area contributed by atoms with E-state index in [1.165, 1.54) is 7.11 Å². The van der Waals surface area contributed by atoms with E-state index in [1.807, 2.05) is 54.6 Å². The Hall–Kier alpha value is -3.22. The Morgan fingerprint density at radius 1 is 0.906 bits per heavy atom. The number of benzene rings is 3. The van der Waals surface area contributed by atoms with Gasteiger partial charge in [-0.05, 0) is 54.1 Å². The van der Waals surface area contributed by atoms with Gasteiger partial charge in [-0.25, -0.2) is 4.79 Å². The maximum atomic E-state index is 11.1. The van der Waals surface area contributed by atoms with Gasteiger partial charge in [0.15, 0.2) is 6.10 Å². The van der Waals surface area contributed by atoms with Crippen LogP contribution in [0.3, 0.4) is 0 Å². The van der Waals surface area contributed by atoms with E-state index in [2.05, 4.69) is 0 Å². The molecule has 0 heterocycles. The van der Waals surface area contributed by atoms with Crippen molar-refractivity contribution in [3.8, 4) is 23.0 Å². The first-order valence-electron chi connectivity index (χ1n) is 10.2. The largest absolute Gasteiger partial charge is 0.493 e. The van der Waals surface area contributed by atoms with E-state index in [4.69, 9.17) is 35.7 Å². The average Bonchev–Trinajstić information content (AvgIpc) is 2.80. The molecule has 32 heavy (non-hydrogen) atoms. The first-order valence-corrected chi connectivity index (χ1v) is 10.6. The molecule has 0 saturated heterocycles. The van der Waals surface area contributed by atoms with Gasteiger partial charge in [0.2, 0.25) is 0 Å². The minimum Gasteiger partial charge on any atom is -0.493 e. The lowest BCUT2D eigenvalue weighted by atomic mass is 10.1. The van der Waals surface area contributed by atoms with Crippen molar-refractivity contribution in [2.45, 2.75) is 18.9 Å². The molecular weight excluding hydrogens is 432 g/mol. The van der Waals surface area contributed by atoms with Gasteiger partial charge in [-0.15, -0.1) is 0 Å². The molecule has 0 amide bonds. The fourth-order valence-electron chi connectivity index (χ4n) is 2.93. The first kappa shape index (κ1) is 23.4. The van der Waals surface area contributed by atoms with Crippen molar-refractivity contribution in [1.82, 2.24) is 0 Å². The molecule has 3 aromatic carbocycles. The number of carbonyl (C=O) groups is 1. The summed E-state index contributed by atoms with van der Waals surface area (Å²) in [7, 11) is 1.37. The summed E-state index contributed by atoms with van der Waals surface area (Å²) >= 11 is 6.26. The van der Waals surface area contributed by atoms with Crippen molar-refractivity contribution in [2.24, 2.45) is 0 Å². The normalized spacial score (nSPS) is 11.6. The van der Waals surface area contributed by atoms with Crippen LogP contribution in [0.1, 0.15) is 12.0 Å². The Morgan fingerprint density at radius 2 is 1.56 bits per heavy atom. The molecule has 0 fully saturated rings. The second-order valence-corrected chi connectivity index (χ2v) is 7.38. The maximum absolute atomic E-state index is 11.1. The highest BCUT2D eigenvalue weighted by Crippen LogP contribution is 2.27. The molecule has 6 nitrogen and oxygen atoms in total. The zero-order valence-electron chi connectivity index (χ0n) is 17.7. The van der Waals surface area contributed by atoms with Gasteiger partial charge in [0.05, 0.1) is 18.2 Å². The number of carboxylic acid groups (broad SMARTS) is 1. The molecule has 1 N–H and O–H groups in total. The lowest BCUT2D eigenvalue weighted by Crippen LogP contribution is -2.24. The standard InChI is InChI=1S/C25H25ClO6/c1-29-24(25(27)28)17-18-8-13-23(22(26)16-18)31-15-5-14-30-19-9-11-21(12-10-19)32-20-6-3-2-4-7-20/h2-4,6-13,16,24H,5,14-15,17H2,1H3,(H,27,28). The molecule has 168 valence electrons. The lowest BCUT2D eigenvalue weighted by molar-refractivity contribution is -0.148. The SMILES string of the molecule is COC(Cc1ccc(OCCCOc2ccc(Oc3ccccc3)cc2)c(Cl)c1)C(=O)O. The number of halogens is 1. The van der Waals surface area contributed by atoms with E-state index in [1.54, 1.807) is 18.2 Å². The van der Waals surface area contributed by atoms with Gasteiger partial charge in [0.25, 0.3) is 0 Å². The topological polar surface area (TPSA) is 74.2 Å². The fraction of sp³-hybridized carbons (Fsp3) is 0.240. The Morgan fingerprint density at radius 3 is 2.22 bits per heavy atom. The number of hydrogen-bond acceptors (Lipinski definition) is 5. The van der Waals surface area contributed by atoms with E-state index < -0.39 is 12.1 Å². The van der Waals surface area contributed by atoms with Crippen LogP contribution in [-0.4, -0.2) is 37.5 Å². The van der Waals surface area contributed by atoms with Crippen molar-refractivity contribution in [3.63, 3.8) is 0 Å². The quantitative estimate of drug-likeness (QED) is 0.356. The molecule has 0 bridgehead atoms. The minimum absolute atomic E-state index is 0.231. The van der Waals surface area contributed by atoms with Crippen molar-refractivity contribution >= 4 is 17.6 Å². The van der Waals surface area contributed by atoms with E-state index in [0.29, 0.717) is 30.4 Å². The summed E-state index contributed by atoms with van der Waals surface area (Å²) in [6.07, 6.45) is -0.00564. The zero-order valence-corrected chi connectivity index (χ0v) is 18.5. The number of para-hydroxylation sites is 1. The third kappa shape index (κ3) is 7.18. The van der Waals surface area contributed by atoms with E-state index in [0.717, 1.165) is 22.8 Å². The van der Waals surface area contributed by atoms with Gasteiger partial charge in [0.1, 0.15) is 23.0 Å². The smallest absolute Gasteiger partial charge is 0.333 e. The molecule has 7 heteroatoms. The van der Waals surface area contributed by atoms with Gasteiger partial charge in [-0.1, -0.05) is 35.9 Å². The predicted octanol–water partition coefficient (Wildman–Crippen LogP) is 5.62. The number of rotatable bonds is 12. The summed E-state index contributed by atoms with van der Waals surface area (Å²) < 4.78 is 22.2. The number of carboxylic acids is 1. The van der Waals surface area contributed by atoms with Crippen LogP contribution < -0.4 is 14.2 Å². The second-order valence-electron chi connectivity index (χ2n) is 6.97. The van der Waals surface area contributed by atoms with Crippen molar-refractivity contribution in [1.29, 1.82) is 0 Å². The molecular formula is C25H25ClO6. The Bertz CT molecular complexity index is 991. The minimum atomic E-state index is -1.01. The van der Waals surface area contributed by atoms with Gasteiger partial charge < -0.3 is 24.1 Å².